The number of nitrogens with zero attached hydrogens (tertiary/aromatic N) is 1. The van der Waals surface area contributed by atoms with E-state index in [0.717, 1.165) is 24.8 Å². The van der Waals surface area contributed by atoms with Crippen molar-refractivity contribution in [2.45, 2.75) is 55.1 Å². The molecular formula is C28H34N2O6S. The second-order valence-corrected chi connectivity index (χ2v) is 11.0. The topological polar surface area (TPSA) is 115 Å². The third-order valence-corrected chi connectivity index (χ3v) is 8.31. The number of sulfone groups is 1. The number of benzene rings is 2. The second-order valence-electron chi connectivity index (χ2n) is 8.76. The lowest BCUT2D eigenvalue weighted by Gasteiger charge is -2.18. The fourth-order valence-corrected chi connectivity index (χ4v) is 5.87. The van der Waals surface area contributed by atoms with Gasteiger partial charge in [-0.15, -0.1) is 0 Å². The third-order valence-electron chi connectivity index (χ3n) is 6.11. The standard InChI is InChI=1S/C28H34N2O6S/c1-35-26-16-15-25(19-27(26)36-18-8-13-23-12-7-17-29-21-23)37(33,34)24(20-28(31)30-32)14-6-5-11-22-9-3-2-4-10-22/h2-4,7,9-10,12,15-17,19,21,24,32H,5-6,8,11,13-14,18,20H2,1H3,(H,30,31). The van der Waals surface area contributed by atoms with Crippen molar-refractivity contribution in [3.8, 4) is 11.5 Å². The molecule has 2 aromatic carbocycles. The fourth-order valence-electron chi connectivity index (χ4n) is 4.11. The van der Waals surface area contributed by atoms with E-state index in [1.165, 1.54) is 24.8 Å². The summed E-state index contributed by atoms with van der Waals surface area (Å²) in [6.45, 7) is 0.366. The highest BCUT2D eigenvalue weighted by Gasteiger charge is 2.30. The van der Waals surface area contributed by atoms with Crippen LogP contribution >= 0.6 is 0 Å². The average Bonchev–Trinajstić information content (AvgIpc) is 2.93. The molecule has 37 heavy (non-hydrogen) atoms. The summed E-state index contributed by atoms with van der Waals surface area (Å²) in [7, 11) is -2.39. The molecule has 0 bridgehead atoms. The van der Waals surface area contributed by atoms with Gasteiger partial charge >= 0.3 is 0 Å². The first-order chi connectivity index (χ1) is 17.9. The van der Waals surface area contributed by atoms with E-state index in [9.17, 15) is 13.2 Å². The maximum Gasteiger partial charge on any atom is 0.244 e. The van der Waals surface area contributed by atoms with Crippen LogP contribution in [0.3, 0.4) is 0 Å². The zero-order chi connectivity index (χ0) is 26.5. The molecule has 0 spiro atoms. The number of aryl methyl sites for hydroxylation is 2. The van der Waals surface area contributed by atoms with Crippen molar-refractivity contribution in [2.75, 3.05) is 13.7 Å². The first-order valence-corrected chi connectivity index (χ1v) is 13.9. The predicted molar refractivity (Wildman–Crippen MR) is 141 cm³/mol. The molecule has 0 aliphatic heterocycles. The predicted octanol–water partition coefficient (Wildman–Crippen LogP) is 4.55. The van der Waals surface area contributed by atoms with Gasteiger partial charge in [0.1, 0.15) is 0 Å². The summed E-state index contributed by atoms with van der Waals surface area (Å²) in [5, 5.41) is 8.04. The highest BCUT2D eigenvalue weighted by Crippen LogP contribution is 2.33. The normalized spacial score (nSPS) is 12.1. The summed E-state index contributed by atoms with van der Waals surface area (Å²) in [5.41, 5.74) is 3.83. The summed E-state index contributed by atoms with van der Waals surface area (Å²) in [5.74, 6) is 0.00839. The largest absolute Gasteiger partial charge is 0.493 e. The van der Waals surface area contributed by atoms with Crippen molar-refractivity contribution in [3.05, 3.63) is 84.2 Å². The number of carbonyl (C=O) groups is 1. The lowest BCUT2D eigenvalue weighted by Crippen LogP contribution is -2.30. The Morgan fingerprint density at radius 2 is 1.73 bits per heavy atom. The third kappa shape index (κ3) is 8.58. The Labute approximate surface area is 218 Å². The number of pyridine rings is 1. The molecule has 2 N–H and O–H groups in total. The van der Waals surface area contributed by atoms with Crippen LogP contribution in [0.25, 0.3) is 0 Å². The van der Waals surface area contributed by atoms with Crippen LogP contribution in [0.15, 0.2) is 78.0 Å². The van der Waals surface area contributed by atoms with Gasteiger partial charge in [-0.25, -0.2) is 13.9 Å². The highest BCUT2D eigenvalue weighted by atomic mass is 32.2. The van der Waals surface area contributed by atoms with Crippen molar-refractivity contribution in [1.29, 1.82) is 0 Å². The Kier molecular flexibility index (Phi) is 10.9. The molecule has 198 valence electrons. The number of hydrogen-bond donors (Lipinski definition) is 2. The van der Waals surface area contributed by atoms with Crippen molar-refractivity contribution in [1.82, 2.24) is 10.5 Å². The van der Waals surface area contributed by atoms with E-state index in [0.29, 0.717) is 30.9 Å². The Balaban J connectivity index is 1.68. The van der Waals surface area contributed by atoms with Gasteiger partial charge < -0.3 is 9.47 Å². The molecule has 0 fully saturated rings. The van der Waals surface area contributed by atoms with Crippen LogP contribution in [0.4, 0.5) is 0 Å². The maximum absolute atomic E-state index is 13.5. The van der Waals surface area contributed by atoms with E-state index in [-0.39, 0.29) is 17.7 Å². The molecule has 1 amide bonds. The average molecular weight is 527 g/mol. The summed E-state index contributed by atoms with van der Waals surface area (Å²) >= 11 is 0. The molecular weight excluding hydrogens is 492 g/mol. The van der Waals surface area contributed by atoms with E-state index in [1.54, 1.807) is 23.9 Å². The van der Waals surface area contributed by atoms with Crippen molar-refractivity contribution in [3.63, 3.8) is 0 Å². The smallest absolute Gasteiger partial charge is 0.244 e. The first-order valence-electron chi connectivity index (χ1n) is 12.3. The zero-order valence-electron chi connectivity index (χ0n) is 21.0. The minimum absolute atomic E-state index is 0.0503. The quantitative estimate of drug-likeness (QED) is 0.170. The maximum atomic E-state index is 13.5. The number of unbranched alkanes of at least 4 members (excludes halogenated alkanes) is 1. The minimum Gasteiger partial charge on any atom is -0.493 e. The molecule has 1 atom stereocenters. The van der Waals surface area contributed by atoms with E-state index in [1.807, 2.05) is 42.5 Å². The monoisotopic (exact) mass is 526 g/mol. The lowest BCUT2D eigenvalue weighted by atomic mass is 10.1. The molecule has 3 rings (SSSR count). The molecule has 1 heterocycles. The minimum atomic E-state index is -3.89. The van der Waals surface area contributed by atoms with Crippen molar-refractivity contribution in [2.24, 2.45) is 0 Å². The number of hydrogen-bond acceptors (Lipinski definition) is 7. The van der Waals surface area contributed by atoms with Gasteiger partial charge in [-0.1, -0.05) is 42.8 Å². The van der Waals surface area contributed by atoms with E-state index >= 15 is 0 Å². The molecule has 0 aliphatic rings. The molecule has 0 aliphatic carbocycles. The molecule has 0 radical (unpaired) electrons. The number of aromatic nitrogens is 1. The van der Waals surface area contributed by atoms with Crippen molar-refractivity contribution >= 4 is 15.7 Å². The van der Waals surface area contributed by atoms with Crippen LogP contribution in [-0.2, 0) is 27.5 Å². The summed E-state index contributed by atoms with van der Waals surface area (Å²) in [4.78, 5) is 16.1. The van der Waals surface area contributed by atoms with Gasteiger partial charge in [0.05, 0.1) is 23.9 Å². The first kappa shape index (κ1) is 28.1. The Morgan fingerprint density at radius 1 is 0.973 bits per heavy atom. The van der Waals surface area contributed by atoms with Crippen LogP contribution < -0.4 is 15.0 Å². The second kappa shape index (κ2) is 14.3. The van der Waals surface area contributed by atoms with Crippen LogP contribution in [0.2, 0.25) is 0 Å². The Hall–Kier alpha value is -3.43. The van der Waals surface area contributed by atoms with Crippen LogP contribution in [0.1, 0.15) is 43.2 Å². The van der Waals surface area contributed by atoms with E-state index in [2.05, 4.69) is 4.98 Å². The number of nitrogens with one attached hydrogen (secondary N) is 1. The summed E-state index contributed by atoms with van der Waals surface area (Å²) in [6, 6.07) is 18.3. The molecule has 9 heteroatoms. The number of rotatable bonds is 15. The molecule has 1 aromatic heterocycles. The van der Waals surface area contributed by atoms with E-state index in [4.69, 9.17) is 14.7 Å². The van der Waals surface area contributed by atoms with Gasteiger partial charge in [-0.2, -0.15) is 0 Å². The van der Waals surface area contributed by atoms with Gasteiger partial charge in [0.2, 0.25) is 5.91 Å². The van der Waals surface area contributed by atoms with Crippen LogP contribution in [-0.4, -0.2) is 43.5 Å². The van der Waals surface area contributed by atoms with Gasteiger partial charge in [0, 0.05) is 24.9 Å². The lowest BCUT2D eigenvalue weighted by molar-refractivity contribution is -0.129. The van der Waals surface area contributed by atoms with E-state index < -0.39 is 21.0 Å². The summed E-state index contributed by atoms with van der Waals surface area (Å²) < 4.78 is 38.4. The zero-order valence-corrected chi connectivity index (χ0v) is 21.8. The number of methoxy groups -OCH3 is 1. The molecule has 0 saturated heterocycles. The molecule has 1 unspecified atom stereocenters. The Bertz CT molecular complexity index is 1220. The number of carbonyl (C=O) groups excluding carboxylic acids is 1. The van der Waals surface area contributed by atoms with Gasteiger partial charge in [0.25, 0.3) is 0 Å². The number of hydroxylamine groups is 1. The Morgan fingerprint density at radius 3 is 2.43 bits per heavy atom. The van der Waals surface area contributed by atoms with Crippen LogP contribution in [0.5, 0.6) is 11.5 Å². The highest BCUT2D eigenvalue weighted by molar-refractivity contribution is 7.92. The fraction of sp³-hybridized carbons (Fsp3) is 0.357. The molecule has 0 saturated carbocycles. The van der Waals surface area contributed by atoms with Crippen LogP contribution in [0, 0.1) is 0 Å². The molecule has 3 aromatic rings. The van der Waals surface area contributed by atoms with Crippen molar-refractivity contribution < 1.29 is 27.9 Å². The van der Waals surface area contributed by atoms with Gasteiger partial charge in [-0.05, 0) is 61.4 Å². The number of amides is 1. The molecule has 8 nitrogen and oxygen atoms in total. The number of ether oxygens (including phenoxy) is 2. The summed E-state index contributed by atoms with van der Waals surface area (Å²) in [6.07, 6.45) is 7.18. The van der Waals surface area contributed by atoms with Gasteiger partial charge in [-0.3, -0.25) is 15.0 Å². The van der Waals surface area contributed by atoms with Gasteiger partial charge in [0.15, 0.2) is 21.3 Å². The SMILES string of the molecule is COc1ccc(S(=O)(=O)C(CCCCc2ccccc2)CC(=O)NO)cc1OCCCc1cccnc1.